The van der Waals surface area contributed by atoms with Crippen molar-refractivity contribution >= 4 is 23.2 Å². The molecule has 0 unspecified atom stereocenters. The first-order valence-corrected chi connectivity index (χ1v) is 9.77. The van der Waals surface area contributed by atoms with Crippen LogP contribution in [0.4, 0.5) is 0 Å². The molecule has 0 aromatic heterocycles. The highest BCUT2D eigenvalue weighted by Crippen LogP contribution is 2.54. The van der Waals surface area contributed by atoms with Gasteiger partial charge in [-0.15, -0.1) is 0 Å². The molecular formula is C20H21BrNOP. The fourth-order valence-corrected chi connectivity index (χ4v) is 7.25. The molecular weight excluding hydrogens is 381 g/mol. The van der Waals surface area contributed by atoms with Gasteiger partial charge in [-0.3, -0.25) is 0 Å². The maximum Gasteiger partial charge on any atom is 0.113 e. The number of nitrogens with one attached hydrogen (secondary N) is 1. The van der Waals surface area contributed by atoms with Crippen molar-refractivity contribution in [3.63, 3.8) is 0 Å². The van der Waals surface area contributed by atoms with E-state index in [1.165, 1.54) is 15.9 Å². The van der Waals surface area contributed by atoms with Crippen LogP contribution in [0.1, 0.15) is 0 Å². The second kappa shape index (κ2) is 9.10. The number of hydroxylamine groups is 1. The fraction of sp³-hybridized carbons (Fsp3) is 0.100. The molecule has 0 amide bonds. The van der Waals surface area contributed by atoms with Crippen molar-refractivity contribution in [1.82, 2.24) is 5.48 Å². The first-order chi connectivity index (χ1) is 11.4. The zero-order valence-electron chi connectivity index (χ0n) is 13.3. The van der Waals surface area contributed by atoms with Gasteiger partial charge in [0.1, 0.15) is 23.2 Å². The summed E-state index contributed by atoms with van der Waals surface area (Å²) in [4.78, 5) is 0. The highest BCUT2D eigenvalue weighted by Gasteiger charge is 2.44. The third kappa shape index (κ3) is 3.76. The summed E-state index contributed by atoms with van der Waals surface area (Å²) in [6, 6.07) is 32.0. The lowest BCUT2D eigenvalue weighted by atomic mass is 10.4. The van der Waals surface area contributed by atoms with Crippen LogP contribution in [0.3, 0.4) is 0 Å². The van der Waals surface area contributed by atoms with Crippen molar-refractivity contribution in [2.24, 2.45) is 0 Å². The fourth-order valence-electron chi connectivity index (χ4n) is 3.10. The summed E-state index contributed by atoms with van der Waals surface area (Å²) in [5.74, 6) is 0. The third-order valence-electron chi connectivity index (χ3n) is 4.15. The predicted octanol–water partition coefficient (Wildman–Crippen LogP) is -0.0367. The van der Waals surface area contributed by atoms with Gasteiger partial charge < -0.3 is 22.2 Å². The molecule has 0 aliphatic carbocycles. The Morgan fingerprint density at radius 1 is 0.625 bits per heavy atom. The van der Waals surface area contributed by atoms with Crippen LogP contribution in [0, 0.1) is 0 Å². The molecule has 0 aliphatic rings. The molecule has 0 atom stereocenters. The van der Waals surface area contributed by atoms with Crippen LogP contribution < -0.4 is 38.4 Å². The van der Waals surface area contributed by atoms with Crippen molar-refractivity contribution in [2.45, 2.75) is 0 Å². The van der Waals surface area contributed by atoms with Crippen molar-refractivity contribution in [3.8, 4) is 0 Å². The average molecular weight is 402 g/mol. The quantitative estimate of drug-likeness (QED) is 0.448. The van der Waals surface area contributed by atoms with Gasteiger partial charge in [-0.05, 0) is 36.4 Å². The van der Waals surface area contributed by atoms with Gasteiger partial charge >= 0.3 is 0 Å². The van der Waals surface area contributed by atoms with Crippen molar-refractivity contribution in [2.75, 3.05) is 12.7 Å². The summed E-state index contributed by atoms with van der Waals surface area (Å²) in [5.41, 5.74) is 2.36. The van der Waals surface area contributed by atoms with Crippen LogP contribution in [0.25, 0.3) is 0 Å². The third-order valence-corrected chi connectivity index (χ3v) is 8.58. The Bertz CT molecular complexity index is 626. The highest BCUT2D eigenvalue weighted by atomic mass is 79.9. The summed E-state index contributed by atoms with van der Waals surface area (Å²) in [5, 5.41) is 13.3. The summed E-state index contributed by atoms with van der Waals surface area (Å²) >= 11 is 0. The van der Waals surface area contributed by atoms with Crippen molar-refractivity contribution < 1.29 is 22.2 Å². The maximum atomic E-state index is 9.24. The molecule has 3 aromatic rings. The minimum Gasteiger partial charge on any atom is -1.00 e. The van der Waals surface area contributed by atoms with Crippen LogP contribution in [-0.2, 0) is 0 Å². The molecule has 124 valence electrons. The molecule has 0 saturated heterocycles. The molecule has 0 fully saturated rings. The average Bonchev–Trinajstić information content (AvgIpc) is 2.65. The summed E-state index contributed by atoms with van der Waals surface area (Å²) < 4.78 is 0. The first kappa shape index (κ1) is 18.8. The first-order valence-electron chi connectivity index (χ1n) is 7.80. The van der Waals surface area contributed by atoms with Crippen LogP contribution in [-0.4, -0.2) is 17.9 Å². The maximum absolute atomic E-state index is 9.24. The van der Waals surface area contributed by atoms with Crippen molar-refractivity contribution in [3.05, 3.63) is 91.0 Å². The molecule has 0 bridgehead atoms. The Morgan fingerprint density at radius 2 is 0.958 bits per heavy atom. The van der Waals surface area contributed by atoms with E-state index in [0.29, 0.717) is 6.54 Å². The van der Waals surface area contributed by atoms with E-state index >= 15 is 0 Å². The zero-order chi connectivity index (χ0) is 16.0. The van der Waals surface area contributed by atoms with Gasteiger partial charge in [-0.1, -0.05) is 54.6 Å². The molecule has 0 aliphatic heterocycles. The number of rotatable bonds is 6. The van der Waals surface area contributed by atoms with Crippen LogP contribution >= 0.6 is 7.26 Å². The number of hydrogen-bond acceptors (Lipinski definition) is 2. The molecule has 0 saturated carbocycles. The highest BCUT2D eigenvalue weighted by molar-refractivity contribution is 7.95. The lowest BCUT2D eigenvalue weighted by molar-refractivity contribution is -0.00000571. The Hall–Kier alpha value is -1.51. The van der Waals surface area contributed by atoms with Gasteiger partial charge in [-0.25, -0.2) is 5.48 Å². The zero-order valence-corrected chi connectivity index (χ0v) is 15.8. The predicted molar refractivity (Wildman–Crippen MR) is 99.8 cm³/mol. The smallest absolute Gasteiger partial charge is 0.113 e. The van der Waals surface area contributed by atoms with E-state index in [0.717, 1.165) is 6.16 Å². The van der Waals surface area contributed by atoms with Crippen LogP contribution in [0.2, 0.25) is 0 Å². The molecule has 0 spiro atoms. The van der Waals surface area contributed by atoms with Crippen LogP contribution in [0.15, 0.2) is 91.0 Å². The molecule has 4 heteroatoms. The number of hydrogen-bond donors (Lipinski definition) is 2. The van der Waals surface area contributed by atoms with E-state index in [-0.39, 0.29) is 17.0 Å². The van der Waals surface area contributed by atoms with E-state index in [2.05, 4.69) is 96.5 Å². The molecule has 0 heterocycles. The lowest BCUT2D eigenvalue weighted by Crippen LogP contribution is -3.00. The SMILES string of the molecule is ONCC[P+](c1ccccc1)(c1ccccc1)c1ccccc1.[Br-]. The Kier molecular flexibility index (Phi) is 7.14. The van der Waals surface area contributed by atoms with E-state index in [4.69, 9.17) is 0 Å². The van der Waals surface area contributed by atoms with E-state index in [1.807, 2.05) is 0 Å². The molecule has 0 radical (unpaired) electrons. The second-order valence-electron chi connectivity index (χ2n) is 5.45. The topological polar surface area (TPSA) is 32.3 Å². The van der Waals surface area contributed by atoms with E-state index in [1.54, 1.807) is 0 Å². The largest absolute Gasteiger partial charge is 1.00 e. The minimum atomic E-state index is -1.79. The normalized spacial score (nSPS) is 10.9. The Labute approximate surface area is 154 Å². The van der Waals surface area contributed by atoms with Gasteiger partial charge in [0.05, 0.1) is 12.7 Å². The molecule has 24 heavy (non-hydrogen) atoms. The van der Waals surface area contributed by atoms with Gasteiger partial charge in [0, 0.05) is 0 Å². The molecule has 3 rings (SSSR count). The van der Waals surface area contributed by atoms with E-state index in [9.17, 15) is 5.21 Å². The van der Waals surface area contributed by atoms with Gasteiger partial charge in [-0.2, -0.15) is 0 Å². The second-order valence-corrected chi connectivity index (χ2v) is 9.06. The molecule has 2 N–H and O–H groups in total. The lowest BCUT2D eigenvalue weighted by Gasteiger charge is -2.27. The van der Waals surface area contributed by atoms with Gasteiger partial charge in [0.15, 0.2) is 0 Å². The Morgan fingerprint density at radius 3 is 1.25 bits per heavy atom. The Balaban J connectivity index is 0.00000208. The summed E-state index contributed by atoms with van der Waals surface area (Å²) in [6.07, 6.45) is 0.877. The summed E-state index contributed by atoms with van der Waals surface area (Å²) in [6.45, 7) is 0.562. The van der Waals surface area contributed by atoms with E-state index < -0.39 is 7.26 Å². The molecule has 3 aromatic carbocycles. The van der Waals surface area contributed by atoms with Gasteiger partial charge in [0.2, 0.25) is 0 Å². The number of benzene rings is 3. The molecule has 2 nitrogen and oxygen atoms in total. The van der Waals surface area contributed by atoms with Gasteiger partial charge in [0.25, 0.3) is 0 Å². The number of halogens is 1. The monoisotopic (exact) mass is 401 g/mol. The summed E-state index contributed by atoms with van der Waals surface area (Å²) in [7, 11) is -1.79. The standard InChI is InChI=1S/C20H21NOP.BrH/c22-21-16-17-23(18-10-4-1-5-11-18,19-12-6-2-7-13-19)20-14-8-3-9-15-20;/h1-15,21-22H,16-17H2;1H/q+1;/p-1. The minimum absolute atomic E-state index is 0. The van der Waals surface area contributed by atoms with Crippen molar-refractivity contribution in [1.29, 1.82) is 0 Å². The van der Waals surface area contributed by atoms with Crippen LogP contribution in [0.5, 0.6) is 0 Å².